The monoisotopic (exact) mass is 169 g/mol. The molecule has 0 saturated carbocycles. The van der Waals surface area contributed by atoms with E-state index in [2.05, 4.69) is 17.3 Å². The molecule has 12 heavy (non-hydrogen) atoms. The predicted octanol–water partition coefficient (Wildman–Crippen LogP) is 0.697. The number of anilines is 1. The minimum absolute atomic E-state index is 0.134. The molecular formula is C8H15N3O. The number of aliphatic hydroxyl groups excluding tert-OH is 1. The lowest BCUT2D eigenvalue weighted by atomic mass is 10.4. The standard InChI is InChI=1S/C8H15N3O/c1-2-3-9-8-6-10-11(7-8)4-5-12/h6-7,9,12H,2-5H2,1H3. The Kier molecular flexibility index (Phi) is 3.60. The highest BCUT2D eigenvalue weighted by Crippen LogP contribution is 2.03. The highest BCUT2D eigenvalue weighted by atomic mass is 16.3. The van der Waals surface area contributed by atoms with Gasteiger partial charge in [0.15, 0.2) is 0 Å². The Balaban J connectivity index is 2.41. The van der Waals surface area contributed by atoms with Crippen LogP contribution in [0.4, 0.5) is 5.69 Å². The summed E-state index contributed by atoms with van der Waals surface area (Å²) in [5.74, 6) is 0. The van der Waals surface area contributed by atoms with E-state index in [4.69, 9.17) is 5.11 Å². The molecular weight excluding hydrogens is 154 g/mol. The van der Waals surface area contributed by atoms with Crippen molar-refractivity contribution in [1.29, 1.82) is 0 Å². The van der Waals surface area contributed by atoms with Crippen LogP contribution in [0.15, 0.2) is 12.4 Å². The quantitative estimate of drug-likeness (QED) is 0.682. The molecule has 0 unspecified atom stereocenters. The lowest BCUT2D eigenvalue weighted by Crippen LogP contribution is -2.02. The molecule has 1 aromatic rings. The smallest absolute Gasteiger partial charge is 0.0726 e. The number of aliphatic hydroxyl groups is 1. The Morgan fingerprint density at radius 3 is 3.17 bits per heavy atom. The summed E-state index contributed by atoms with van der Waals surface area (Å²) in [7, 11) is 0. The fraction of sp³-hybridized carbons (Fsp3) is 0.625. The van der Waals surface area contributed by atoms with E-state index >= 15 is 0 Å². The lowest BCUT2D eigenvalue weighted by molar-refractivity contribution is 0.269. The van der Waals surface area contributed by atoms with Crippen molar-refractivity contribution in [2.75, 3.05) is 18.5 Å². The van der Waals surface area contributed by atoms with Crippen molar-refractivity contribution in [3.8, 4) is 0 Å². The second-order valence-corrected chi connectivity index (χ2v) is 2.64. The number of hydrogen-bond donors (Lipinski definition) is 2. The van der Waals surface area contributed by atoms with Gasteiger partial charge in [-0.25, -0.2) is 0 Å². The third-order valence-electron chi connectivity index (χ3n) is 1.54. The molecule has 1 aromatic heterocycles. The molecule has 68 valence electrons. The first kappa shape index (κ1) is 9.06. The summed E-state index contributed by atoms with van der Waals surface area (Å²) >= 11 is 0. The number of rotatable bonds is 5. The number of nitrogens with one attached hydrogen (secondary N) is 1. The predicted molar refractivity (Wildman–Crippen MR) is 48.1 cm³/mol. The van der Waals surface area contributed by atoms with E-state index in [1.54, 1.807) is 10.9 Å². The van der Waals surface area contributed by atoms with E-state index in [0.717, 1.165) is 18.7 Å². The summed E-state index contributed by atoms with van der Waals surface area (Å²) < 4.78 is 1.72. The molecule has 0 aromatic carbocycles. The molecule has 0 radical (unpaired) electrons. The van der Waals surface area contributed by atoms with Gasteiger partial charge in [0.25, 0.3) is 0 Å². The third-order valence-corrected chi connectivity index (χ3v) is 1.54. The van der Waals surface area contributed by atoms with Gasteiger partial charge in [-0.05, 0) is 6.42 Å². The average Bonchev–Trinajstić information content (AvgIpc) is 2.50. The Labute approximate surface area is 72.2 Å². The Hall–Kier alpha value is -1.03. The summed E-state index contributed by atoms with van der Waals surface area (Å²) in [5.41, 5.74) is 1.02. The Bertz CT molecular complexity index is 222. The van der Waals surface area contributed by atoms with Crippen LogP contribution in [0, 0.1) is 0 Å². The van der Waals surface area contributed by atoms with E-state index in [9.17, 15) is 0 Å². The van der Waals surface area contributed by atoms with Crippen molar-refractivity contribution in [1.82, 2.24) is 9.78 Å². The van der Waals surface area contributed by atoms with Crippen LogP contribution in [0.3, 0.4) is 0 Å². The maximum Gasteiger partial charge on any atom is 0.0726 e. The molecule has 1 rings (SSSR count). The number of aromatic nitrogens is 2. The van der Waals surface area contributed by atoms with E-state index in [1.165, 1.54) is 0 Å². The highest BCUT2D eigenvalue weighted by Gasteiger charge is 1.95. The Morgan fingerprint density at radius 2 is 2.50 bits per heavy atom. The van der Waals surface area contributed by atoms with Gasteiger partial charge < -0.3 is 10.4 Å². The first-order valence-electron chi connectivity index (χ1n) is 4.24. The summed E-state index contributed by atoms with van der Waals surface area (Å²) in [4.78, 5) is 0. The summed E-state index contributed by atoms with van der Waals surface area (Å²) in [5, 5.41) is 15.9. The van der Waals surface area contributed by atoms with Gasteiger partial charge in [0.2, 0.25) is 0 Å². The molecule has 0 spiro atoms. The minimum Gasteiger partial charge on any atom is -0.394 e. The molecule has 0 aliphatic heterocycles. The normalized spacial score (nSPS) is 10.2. The van der Waals surface area contributed by atoms with Crippen LogP contribution in [-0.4, -0.2) is 28.0 Å². The van der Waals surface area contributed by atoms with Gasteiger partial charge in [-0.15, -0.1) is 0 Å². The van der Waals surface area contributed by atoms with Crippen molar-refractivity contribution in [3.05, 3.63) is 12.4 Å². The van der Waals surface area contributed by atoms with Crippen molar-refractivity contribution in [2.45, 2.75) is 19.9 Å². The second kappa shape index (κ2) is 4.77. The molecule has 2 N–H and O–H groups in total. The van der Waals surface area contributed by atoms with E-state index in [-0.39, 0.29) is 6.61 Å². The molecule has 4 nitrogen and oxygen atoms in total. The molecule has 4 heteroatoms. The molecule has 0 aliphatic carbocycles. The van der Waals surface area contributed by atoms with Crippen molar-refractivity contribution < 1.29 is 5.11 Å². The lowest BCUT2D eigenvalue weighted by Gasteiger charge is -1.98. The topological polar surface area (TPSA) is 50.1 Å². The summed E-state index contributed by atoms with van der Waals surface area (Å²) in [6.07, 6.45) is 4.77. The van der Waals surface area contributed by atoms with Crippen LogP contribution < -0.4 is 5.32 Å². The van der Waals surface area contributed by atoms with Crippen LogP contribution in [0.5, 0.6) is 0 Å². The van der Waals surface area contributed by atoms with Gasteiger partial charge in [-0.2, -0.15) is 5.10 Å². The van der Waals surface area contributed by atoms with E-state index in [0.29, 0.717) is 6.54 Å². The van der Waals surface area contributed by atoms with Gasteiger partial charge in [0.1, 0.15) is 0 Å². The maximum absolute atomic E-state index is 8.62. The average molecular weight is 169 g/mol. The highest BCUT2D eigenvalue weighted by molar-refractivity contribution is 5.37. The van der Waals surface area contributed by atoms with Gasteiger partial charge in [-0.1, -0.05) is 6.92 Å². The van der Waals surface area contributed by atoms with Crippen LogP contribution in [0.25, 0.3) is 0 Å². The fourth-order valence-electron chi connectivity index (χ4n) is 0.949. The van der Waals surface area contributed by atoms with E-state index < -0.39 is 0 Å². The molecule has 0 fully saturated rings. The minimum atomic E-state index is 0.134. The first-order valence-corrected chi connectivity index (χ1v) is 4.24. The van der Waals surface area contributed by atoms with E-state index in [1.807, 2.05) is 6.20 Å². The molecule has 1 heterocycles. The summed E-state index contributed by atoms with van der Waals surface area (Å²) in [6.45, 7) is 3.78. The zero-order valence-corrected chi connectivity index (χ0v) is 7.32. The van der Waals surface area contributed by atoms with Crippen molar-refractivity contribution >= 4 is 5.69 Å². The zero-order chi connectivity index (χ0) is 8.81. The SMILES string of the molecule is CCCNc1cnn(CCO)c1. The molecule has 0 saturated heterocycles. The van der Waals surface area contributed by atoms with Crippen molar-refractivity contribution in [2.24, 2.45) is 0 Å². The number of nitrogens with zero attached hydrogens (tertiary/aromatic N) is 2. The van der Waals surface area contributed by atoms with Crippen LogP contribution in [0.2, 0.25) is 0 Å². The van der Waals surface area contributed by atoms with Crippen LogP contribution in [0.1, 0.15) is 13.3 Å². The molecule has 0 bridgehead atoms. The molecule has 0 atom stereocenters. The van der Waals surface area contributed by atoms with Gasteiger partial charge in [0.05, 0.1) is 25.0 Å². The maximum atomic E-state index is 8.62. The third kappa shape index (κ3) is 2.54. The Morgan fingerprint density at radius 1 is 1.67 bits per heavy atom. The number of hydrogen-bond acceptors (Lipinski definition) is 3. The first-order chi connectivity index (χ1) is 5.86. The second-order valence-electron chi connectivity index (χ2n) is 2.64. The van der Waals surface area contributed by atoms with Crippen LogP contribution >= 0.6 is 0 Å². The molecule has 0 amide bonds. The van der Waals surface area contributed by atoms with Crippen molar-refractivity contribution in [3.63, 3.8) is 0 Å². The zero-order valence-electron chi connectivity index (χ0n) is 7.32. The molecule has 0 aliphatic rings. The largest absolute Gasteiger partial charge is 0.394 e. The fourth-order valence-corrected chi connectivity index (χ4v) is 0.949. The van der Waals surface area contributed by atoms with Gasteiger partial charge in [0, 0.05) is 12.7 Å². The summed E-state index contributed by atoms with van der Waals surface area (Å²) in [6, 6.07) is 0. The van der Waals surface area contributed by atoms with Gasteiger partial charge >= 0.3 is 0 Å². The van der Waals surface area contributed by atoms with Gasteiger partial charge in [-0.3, -0.25) is 4.68 Å². The van der Waals surface area contributed by atoms with Crippen LogP contribution in [-0.2, 0) is 6.54 Å².